The molecule has 3 heterocycles. The largest absolute Gasteiger partial charge is 0.444 e. The van der Waals surface area contributed by atoms with Crippen LogP contribution in [0, 0.1) is 0 Å². The predicted molar refractivity (Wildman–Crippen MR) is 94.4 cm³/mol. The first-order chi connectivity index (χ1) is 12.6. The van der Waals surface area contributed by atoms with Gasteiger partial charge in [-0.05, 0) is 26.8 Å². The second-order valence-corrected chi connectivity index (χ2v) is 8.97. The Hall–Kier alpha value is -2.40. The molecule has 0 aliphatic carbocycles. The number of nitrogens with zero attached hydrogens (tertiary/aromatic N) is 5. The molecule has 3 rings (SSSR count). The predicted octanol–water partition coefficient (Wildman–Crippen LogP) is 1.21. The molecule has 1 aliphatic rings. The van der Waals surface area contributed by atoms with Crippen molar-refractivity contribution in [2.24, 2.45) is 0 Å². The summed E-state index contributed by atoms with van der Waals surface area (Å²) in [7, 11) is -2.33. The number of carbonyl (C=O) groups is 1. The highest BCUT2D eigenvalue weighted by molar-refractivity contribution is 7.89. The van der Waals surface area contributed by atoms with Crippen molar-refractivity contribution in [1.29, 1.82) is 0 Å². The van der Waals surface area contributed by atoms with Crippen molar-refractivity contribution in [1.82, 2.24) is 23.9 Å². The van der Waals surface area contributed by atoms with E-state index in [0.717, 1.165) is 4.09 Å². The average molecular weight is 397 g/mol. The Morgan fingerprint density at radius 2 is 2.00 bits per heavy atom. The highest BCUT2D eigenvalue weighted by atomic mass is 32.2. The Bertz CT molecular complexity index is 917. The minimum absolute atomic E-state index is 0.0937. The Kier molecular flexibility index (Phi) is 5.00. The number of aromatic nitrogens is 4. The molecule has 0 fully saturated rings. The second kappa shape index (κ2) is 6.97. The lowest BCUT2D eigenvalue weighted by molar-refractivity contribution is 0.0239. The number of ether oxygens (including phenoxy) is 2. The maximum atomic E-state index is 12.7. The van der Waals surface area contributed by atoms with Crippen LogP contribution in [0.25, 0.3) is 0 Å². The second-order valence-electron chi connectivity index (χ2n) is 7.22. The van der Waals surface area contributed by atoms with Gasteiger partial charge in [-0.25, -0.2) is 4.79 Å². The maximum Gasteiger partial charge on any atom is 0.410 e. The minimum atomic E-state index is -3.89. The summed E-state index contributed by atoms with van der Waals surface area (Å²) in [6, 6.07) is 1.42. The van der Waals surface area contributed by atoms with Crippen molar-refractivity contribution in [2.75, 3.05) is 13.7 Å². The number of methoxy groups -OCH3 is 1. The number of hydrogen-bond donors (Lipinski definition) is 0. The lowest BCUT2D eigenvalue weighted by Crippen LogP contribution is -2.33. The van der Waals surface area contributed by atoms with Crippen LogP contribution in [0.5, 0.6) is 0 Å². The molecule has 1 aliphatic heterocycles. The third-order valence-electron chi connectivity index (χ3n) is 3.86. The van der Waals surface area contributed by atoms with Gasteiger partial charge in [0.2, 0.25) is 0 Å². The molecule has 10 nitrogen and oxygen atoms in total. The van der Waals surface area contributed by atoms with Crippen molar-refractivity contribution >= 4 is 16.1 Å². The molecule has 0 atom stereocenters. The number of hydrogen-bond acceptors (Lipinski definition) is 7. The van der Waals surface area contributed by atoms with Gasteiger partial charge in [0.25, 0.3) is 0 Å². The van der Waals surface area contributed by atoms with Gasteiger partial charge in [-0.3, -0.25) is 9.58 Å². The Balaban J connectivity index is 1.74. The lowest BCUT2D eigenvalue weighted by atomic mass is 10.2. The van der Waals surface area contributed by atoms with Gasteiger partial charge in [0, 0.05) is 25.1 Å². The topological polar surface area (TPSA) is 109 Å². The van der Waals surface area contributed by atoms with Gasteiger partial charge in [-0.15, -0.1) is 0 Å². The van der Waals surface area contributed by atoms with Crippen LogP contribution in [-0.4, -0.2) is 57.7 Å². The maximum absolute atomic E-state index is 12.7. The summed E-state index contributed by atoms with van der Waals surface area (Å²) in [5, 5.41) is 8.12. The first kappa shape index (κ1) is 19.4. The van der Waals surface area contributed by atoms with Crippen LogP contribution in [0.2, 0.25) is 0 Å². The van der Waals surface area contributed by atoms with Gasteiger partial charge < -0.3 is 9.47 Å². The van der Waals surface area contributed by atoms with E-state index in [1.165, 1.54) is 21.8 Å². The molecule has 2 aromatic heterocycles. The average Bonchev–Trinajstić information content (AvgIpc) is 3.25. The van der Waals surface area contributed by atoms with Crippen molar-refractivity contribution in [3.63, 3.8) is 0 Å². The molecule has 11 heteroatoms. The molecule has 148 valence electrons. The number of fused-ring (bicyclic) bond motifs is 1. The van der Waals surface area contributed by atoms with Crippen molar-refractivity contribution in [3.05, 3.63) is 29.7 Å². The van der Waals surface area contributed by atoms with Crippen LogP contribution in [0.1, 0.15) is 32.0 Å². The van der Waals surface area contributed by atoms with Crippen LogP contribution < -0.4 is 0 Å². The summed E-state index contributed by atoms with van der Waals surface area (Å²) in [5.74, 6) is 0. The van der Waals surface area contributed by atoms with Gasteiger partial charge in [-0.1, -0.05) is 0 Å². The third kappa shape index (κ3) is 4.14. The van der Waals surface area contributed by atoms with Crippen LogP contribution in [0.4, 0.5) is 4.79 Å². The van der Waals surface area contributed by atoms with E-state index in [9.17, 15) is 13.2 Å². The zero-order chi connectivity index (χ0) is 19.8. The highest BCUT2D eigenvalue weighted by Crippen LogP contribution is 2.25. The fraction of sp³-hybridized carbons (Fsp3) is 0.562. The fourth-order valence-corrected chi connectivity index (χ4v) is 3.70. The molecular formula is C16H23N5O5S. The molecular weight excluding hydrogens is 374 g/mol. The molecule has 0 saturated carbocycles. The smallest absolute Gasteiger partial charge is 0.410 e. The van der Waals surface area contributed by atoms with E-state index in [-0.39, 0.29) is 18.1 Å². The summed E-state index contributed by atoms with van der Waals surface area (Å²) >= 11 is 0. The fourth-order valence-electron chi connectivity index (χ4n) is 2.59. The number of carbonyl (C=O) groups excluding carboxylic acids is 1. The molecule has 0 aromatic carbocycles. The summed E-state index contributed by atoms with van der Waals surface area (Å²) in [6.45, 7) is 6.71. The minimum Gasteiger partial charge on any atom is -0.444 e. The molecule has 2 aromatic rings. The highest BCUT2D eigenvalue weighted by Gasteiger charge is 2.32. The van der Waals surface area contributed by atoms with E-state index in [0.29, 0.717) is 24.4 Å². The van der Waals surface area contributed by atoms with Crippen LogP contribution >= 0.6 is 0 Å². The monoisotopic (exact) mass is 397 g/mol. The van der Waals surface area contributed by atoms with Crippen molar-refractivity contribution < 1.29 is 22.7 Å². The molecule has 0 bridgehead atoms. The van der Waals surface area contributed by atoms with E-state index < -0.39 is 21.7 Å². The van der Waals surface area contributed by atoms with Gasteiger partial charge in [0.15, 0.2) is 5.03 Å². The van der Waals surface area contributed by atoms with Gasteiger partial charge in [0.05, 0.1) is 31.9 Å². The van der Waals surface area contributed by atoms with Gasteiger partial charge in [0.1, 0.15) is 5.60 Å². The molecule has 0 spiro atoms. The standard InChI is InChI=1S/C16H23N5O5S/c1-16(2,3)26-15(22)19-9-12-10-21(17-13(12)11-19)27(23,24)14-5-6-20(18-14)7-8-25-4/h5-6,10H,7-9,11H2,1-4H3. The van der Waals surface area contributed by atoms with Crippen molar-refractivity contribution in [3.8, 4) is 0 Å². The molecule has 0 N–H and O–H groups in total. The number of amides is 1. The van der Waals surface area contributed by atoms with E-state index >= 15 is 0 Å². The van der Waals surface area contributed by atoms with E-state index in [1.807, 2.05) is 0 Å². The summed E-state index contributed by atoms with van der Waals surface area (Å²) in [5.41, 5.74) is 0.605. The summed E-state index contributed by atoms with van der Waals surface area (Å²) in [6.07, 6.45) is 2.54. The van der Waals surface area contributed by atoms with Crippen LogP contribution in [0.15, 0.2) is 23.5 Å². The van der Waals surface area contributed by atoms with E-state index in [4.69, 9.17) is 9.47 Å². The van der Waals surface area contributed by atoms with E-state index in [1.54, 1.807) is 34.1 Å². The molecule has 0 unspecified atom stereocenters. The zero-order valence-corrected chi connectivity index (χ0v) is 16.6. The zero-order valence-electron chi connectivity index (χ0n) is 15.7. The van der Waals surface area contributed by atoms with E-state index in [2.05, 4.69) is 10.2 Å². The van der Waals surface area contributed by atoms with Gasteiger partial charge >= 0.3 is 16.1 Å². The Morgan fingerprint density at radius 3 is 2.63 bits per heavy atom. The van der Waals surface area contributed by atoms with Crippen LogP contribution in [-0.2, 0) is 39.1 Å². The van der Waals surface area contributed by atoms with Crippen molar-refractivity contribution in [2.45, 2.75) is 51.0 Å². The van der Waals surface area contributed by atoms with Crippen LogP contribution in [0.3, 0.4) is 0 Å². The Morgan fingerprint density at radius 1 is 1.26 bits per heavy atom. The molecule has 0 saturated heterocycles. The normalized spacial score (nSPS) is 14.4. The Labute approximate surface area is 157 Å². The number of rotatable bonds is 5. The first-order valence-corrected chi connectivity index (χ1v) is 9.87. The lowest BCUT2D eigenvalue weighted by Gasteiger charge is -2.24. The van der Waals surface area contributed by atoms with Gasteiger partial charge in [-0.2, -0.15) is 22.7 Å². The first-order valence-electron chi connectivity index (χ1n) is 8.43. The summed E-state index contributed by atoms with van der Waals surface area (Å²) < 4.78 is 38.1. The quantitative estimate of drug-likeness (QED) is 0.746. The molecule has 1 amide bonds. The molecule has 0 radical (unpaired) electrons. The third-order valence-corrected chi connectivity index (χ3v) is 5.29. The molecule has 27 heavy (non-hydrogen) atoms. The summed E-state index contributed by atoms with van der Waals surface area (Å²) in [4.78, 5) is 13.6. The SMILES string of the molecule is COCCn1ccc(S(=O)(=O)n2cc3c(n2)CN(C(=O)OC(C)(C)C)C3)n1.